The largest absolute Gasteiger partial charge is 0.102 e. The number of hydrogen-bond acceptors (Lipinski definition) is 0. The monoisotopic (exact) mass is 158 g/mol. The zero-order valence-corrected chi connectivity index (χ0v) is 7.67. The molecule has 0 fully saturated rings. The molecule has 0 heteroatoms. The summed E-state index contributed by atoms with van der Waals surface area (Å²) in [6.45, 7) is 8.44. The van der Waals surface area contributed by atoms with Crippen LogP contribution in [0.2, 0.25) is 0 Å². The maximum absolute atomic E-state index is 3.88. The molecular weight excluding hydrogens is 144 g/mol. The molecule has 0 radical (unpaired) electrons. The first-order valence-corrected chi connectivity index (χ1v) is 4.40. The van der Waals surface area contributed by atoms with Gasteiger partial charge < -0.3 is 0 Å². The molecule has 0 aliphatic heterocycles. The van der Waals surface area contributed by atoms with Gasteiger partial charge in [-0.05, 0) is 11.1 Å². The van der Waals surface area contributed by atoms with Gasteiger partial charge in [0.05, 0.1) is 0 Å². The average Bonchev–Trinajstić information content (AvgIpc) is 2.05. The molecule has 1 aliphatic rings. The smallest absolute Gasteiger partial charge is 0.0110 e. The number of allylic oxidation sites excluding steroid dienone is 1. The molecule has 0 heterocycles. The molecular formula is C12H14. The molecule has 1 aromatic carbocycles. The molecule has 0 aromatic heterocycles. The maximum atomic E-state index is 3.88. The van der Waals surface area contributed by atoms with Gasteiger partial charge in [-0.15, -0.1) is 6.58 Å². The summed E-state index contributed by atoms with van der Waals surface area (Å²) in [5, 5.41) is 0. The Morgan fingerprint density at radius 2 is 2.00 bits per heavy atom. The van der Waals surface area contributed by atoms with E-state index in [-0.39, 0.29) is 0 Å². The molecule has 0 amide bonds. The second kappa shape index (κ2) is 2.22. The molecule has 1 unspecified atom stereocenters. The van der Waals surface area contributed by atoms with E-state index in [0.29, 0.717) is 11.3 Å². The van der Waals surface area contributed by atoms with E-state index in [2.05, 4.69) is 50.8 Å². The molecule has 1 aliphatic carbocycles. The summed E-state index contributed by atoms with van der Waals surface area (Å²) in [5.74, 6) is 0.550. The Kier molecular flexibility index (Phi) is 1.41. The van der Waals surface area contributed by atoms with Gasteiger partial charge in [0.2, 0.25) is 0 Å². The lowest BCUT2D eigenvalue weighted by molar-refractivity contribution is 0.403. The van der Waals surface area contributed by atoms with Crippen LogP contribution in [0.15, 0.2) is 36.9 Å². The highest BCUT2D eigenvalue weighted by atomic mass is 14.4. The average molecular weight is 158 g/mol. The van der Waals surface area contributed by atoms with Gasteiger partial charge in [-0.2, -0.15) is 0 Å². The van der Waals surface area contributed by atoms with E-state index in [1.807, 2.05) is 0 Å². The summed E-state index contributed by atoms with van der Waals surface area (Å²) in [5.41, 5.74) is 3.24. The minimum absolute atomic E-state index is 0.304. The lowest BCUT2D eigenvalue weighted by Crippen LogP contribution is -2.36. The first-order chi connectivity index (χ1) is 5.68. The number of hydrogen-bond donors (Lipinski definition) is 0. The first-order valence-electron chi connectivity index (χ1n) is 4.40. The Labute approximate surface area is 73.9 Å². The second-order valence-electron chi connectivity index (χ2n) is 4.02. The topological polar surface area (TPSA) is 0 Å². The first kappa shape index (κ1) is 7.60. The minimum atomic E-state index is 0.304. The van der Waals surface area contributed by atoms with Crippen molar-refractivity contribution in [2.75, 3.05) is 0 Å². The molecule has 0 saturated carbocycles. The summed E-state index contributed by atoms with van der Waals surface area (Å²) in [4.78, 5) is 0. The molecule has 62 valence electrons. The van der Waals surface area contributed by atoms with Crippen LogP contribution in [0.5, 0.6) is 0 Å². The molecule has 1 atom stereocenters. The van der Waals surface area contributed by atoms with Gasteiger partial charge in [0.15, 0.2) is 0 Å². The van der Waals surface area contributed by atoms with Gasteiger partial charge in [0.1, 0.15) is 0 Å². The Morgan fingerprint density at radius 3 is 2.67 bits per heavy atom. The van der Waals surface area contributed by atoms with Crippen LogP contribution in [0.4, 0.5) is 0 Å². The van der Waals surface area contributed by atoms with E-state index in [0.717, 1.165) is 0 Å². The van der Waals surface area contributed by atoms with Crippen molar-refractivity contribution in [2.24, 2.45) is 0 Å². The molecule has 0 saturated heterocycles. The van der Waals surface area contributed by atoms with Crippen LogP contribution < -0.4 is 0 Å². The van der Waals surface area contributed by atoms with Crippen molar-refractivity contribution in [3.8, 4) is 0 Å². The summed E-state index contributed by atoms with van der Waals surface area (Å²) in [7, 11) is 0. The third kappa shape index (κ3) is 0.726. The van der Waals surface area contributed by atoms with Crippen LogP contribution >= 0.6 is 0 Å². The van der Waals surface area contributed by atoms with Gasteiger partial charge in [-0.1, -0.05) is 44.2 Å². The van der Waals surface area contributed by atoms with E-state index in [4.69, 9.17) is 0 Å². The van der Waals surface area contributed by atoms with Gasteiger partial charge in [-0.3, -0.25) is 0 Å². The van der Waals surface area contributed by atoms with Gasteiger partial charge >= 0.3 is 0 Å². The molecule has 0 nitrogen and oxygen atoms in total. The van der Waals surface area contributed by atoms with E-state index < -0.39 is 0 Å². The quantitative estimate of drug-likeness (QED) is 0.550. The van der Waals surface area contributed by atoms with Crippen LogP contribution in [0.1, 0.15) is 30.9 Å². The van der Waals surface area contributed by atoms with Crippen molar-refractivity contribution in [1.82, 2.24) is 0 Å². The summed E-state index contributed by atoms with van der Waals surface area (Å²) >= 11 is 0. The Morgan fingerprint density at radius 1 is 1.33 bits per heavy atom. The normalized spacial score (nSPS) is 24.0. The predicted octanol–water partition coefficient (Wildman–Crippen LogP) is 3.25. The lowest BCUT2D eigenvalue weighted by atomic mass is 9.58. The summed E-state index contributed by atoms with van der Waals surface area (Å²) < 4.78 is 0. The molecule has 12 heavy (non-hydrogen) atoms. The Balaban J connectivity index is 2.55. The van der Waals surface area contributed by atoms with Gasteiger partial charge in [0, 0.05) is 11.3 Å². The molecule has 0 spiro atoms. The number of rotatable bonds is 1. The molecule has 2 rings (SSSR count). The summed E-state index contributed by atoms with van der Waals surface area (Å²) in [6.07, 6.45) is 2.06. The van der Waals surface area contributed by atoms with Crippen molar-refractivity contribution in [1.29, 1.82) is 0 Å². The highest BCUT2D eigenvalue weighted by molar-refractivity contribution is 5.51. The van der Waals surface area contributed by atoms with Crippen LogP contribution in [-0.2, 0) is 5.41 Å². The highest BCUT2D eigenvalue weighted by Crippen LogP contribution is 2.51. The minimum Gasteiger partial charge on any atom is -0.102 e. The van der Waals surface area contributed by atoms with Crippen molar-refractivity contribution in [3.63, 3.8) is 0 Å². The molecule has 1 aromatic rings. The molecule has 0 N–H and O–H groups in total. The van der Waals surface area contributed by atoms with Crippen molar-refractivity contribution < 1.29 is 0 Å². The third-order valence-electron chi connectivity index (χ3n) is 3.00. The van der Waals surface area contributed by atoms with E-state index in [1.165, 1.54) is 11.1 Å². The Bertz CT molecular complexity index is 321. The SMILES string of the molecule is C=CC1c2ccccc2C1(C)C. The van der Waals surface area contributed by atoms with Crippen molar-refractivity contribution in [3.05, 3.63) is 48.0 Å². The third-order valence-corrected chi connectivity index (χ3v) is 3.00. The van der Waals surface area contributed by atoms with Crippen LogP contribution in [0.25, 0.3) is 0 Å². The van der Waals surface area contributed by atoms with Gasteiger partial charge in [0.25, 0.3) is 0 Å². The fourth-order valence-electron chi connectivity index (χ4n) is 2.26. The number of fused-ring (bicyclic) bond motifs is 1. The second-order valence-corrected chi connectivity index (χ2v) is 4.02. The van der Waals surface area contributed by atoms with Crippen molar-refractivity contribution >= 4 is 0 Å². The lowest BCUT2D eigenvalue weighted by Gasteiger charge is -2.45. The van der Waals surface area contributed by atoms with Crippen molar-refractivity contribution in [2.45, 2.75) is 25.2 Å². The van der Waals surface area contributed by atoms with Crippen LogP contribution in [0.3, 0.4) is 0 Å². The molecule has 0 bridgehead atoms. The fourth-order valence-corrected chi connectivity index (χ4v) is 2.26. The van der Waals surface area contributed by atoms with E-state index in [9.17, 15) is 0 Å². The predicted molar refractivity (Wildman–Crippen MR) is 52.4 cm³/mol. The zero-order valence-electron chi connectivity index (χ0n) is 7.67. The number of benzene rings is 1. The zero-order chi connectivity index (χ0) is 8.77. The maximum Gasteiger partial charge on any atom is 0.0110 e. The van der Waals surface area contributed by atoms with Gasteiger partial charge in [-0.25, -0.2) is 0 Å². The van der Waals surface area contributed by atoms with Crippen LogP contribution in [0, 0.1) is 0 Å². The van der Waals surface area contributed by atoms with E-state index >= 15 is 0 Å². The highest BCUT2D eigenvalue weighted by Gasteiger charge is 2.41. The van der Waals surface area contributed by atoms with E-state index in [1.54, 1.807) is 0 Å². The van der Waals surface area contributed by atoms with Crippen LogP contribution in [-0.4, -0.2) is 0 Å². The fraction of sp³-hybridized carbons (Fsp3) is 0.333. The Hall–Kier alpha value is -1.04. The summed E-state index contributed by atoms with van der Waals surface area (Å²) in [6, 6.07) is 8.63. The standard InChI is InChI=1S/C12H14/c1-4-10-9-7-5-6-8-11(9)12(10,2)3/h4-8,10H,1H2,2-3H3.